The van der Waals surface area contributed by atoms with Crippen molar-refractivity contribution in [2.24, 2.45) is 5.41 Å². The molecule has 1 rings (SSSR count). The number of ether oxygens (including phenoxy) is 1. The van der Waals surface area contributed by atoms with E-state index in [2.05, 4.69) is 4.74 Å². The number of aliphatic hydroxyl groups is 1. The molecule has 0 spiro atoms. The van der Waals surface area contributed by atoms with Crippen molar-refractivity contribution in [2.45, 2.75) is 26.4 Å². The second-order valence-corrected chi connectivity index (χ2v) is 3.69. The zero-order valence-corrected chi connectivity index (χ0v) is 6.47. The van der Waals surface area contributed by atoms with Crippen LogP contribution < -0.4 is 0 Å². The SMILES string of the molecule is CC(C)(C)[C@@]1(O)COC1=O. The van der Waals surface area contributed by atoms with Gasteiger partial charge in [-0.3, -0.25) is 0 Å². The van der Waals surface area contributed by atoms with Crippen LogP contribution >= 0.6 is 0 Å². The first-order valence-electron chi connectivity index (χ1n) is 3.27. The standard InChI is InChI=1S/C7H12O3/c1-6(2,3)7(9)4-10-5(7)8/h9H,4H2,1-3H3/t7-/m1/s1. The van der Waals surface area contributed by atoms with Crippen molar-refractivity contribution < 1.29 is 14.6 Å². The van der Waals surface area contributed by atoms with Crippen LogP contribution in [0.3, 0.4) is 0 Å². The van der Waals surface area contributed by atoms with Gasteiger partial charge < -0.3 is 9.84 Å². The predicted octanol–water partition coefficient (Wildman–Crippen LogP) is 0.320. The van der Waals surface area contributed by atoms with Crippen LogP contribution in [0, 0.1) is 5.41 Å². The lowest BCUT2D eigenvalue weighted by molar-refractivity contribution is -0.224. The summed E-state index contributed by atoms with van der Waals surface area (Å²) in [5.41, 5.74) is -1.66. The van der Waals surface area contributed by atoms with Gasteiger partial charge in [-0.1, -0.05) is 20.8 Å². The Balaban J connectivity index is 2.80. The highest BCUT2D eigenvalue weighted by atomic mass is 16.6. The summed E-state index contributed by atoms with van der Waals surface area (Å²) in [6.07, 6.45) is 0. The van der Waals surface area contributed by atoms with E-state index in [4.69, 9.17) is 0 Å². The van der Waals surface area contributed by atoms with E-state index >= 15 is 0 Å². The van der Waals surface area contributed by atoms with Crippen molar-refractivity contribution >= 4 is 5.97 Å². The highest BCUT2D eigenvalue weighted by Crippen LogP contribution is 2.36. The molecule has 1 aliphatic heterocycles. The molecule has 3 heteroatoms. The molecule has 1 N–H and O–H groups in total. The van der Waals surface area contributed by atoms with E-state index in [1.54, 1.807) is 0 Å². The average Bonchev–Trinajstić information content (AvgIpc) is 1.80. The van der Waals surface area contributed by atoms with Crippen molar-refractivity contribution in [1.29, 1.82) is 0 Å². The molecule has 1 saturated heterocycles. The van der Waals surface area contributed by atoms with Gasteiger partial charge >= 0.3 is 5.97 Å². The Kier molecular flexibility index (Phi) is 1.30. The van der Waals surface area contributed by atoms with Crippen molar-refractivity contribution in [2.75, 3.05) is 6.61 Å². The van der Waals surface area contributed by atoms with E-state index in [0.29, 0.717) is 0 Å². The molecular formula is C7H12O3. The van der Waals surface area contributed by atoms with Gasteiger partial charge in [0, 0.05) is 5.41 Å². The molecule has 0 bridgehead atoms. The van der Waals surface area contributed by atoms with Crippen LogP contribution in [-0.4, -0.2) is 23.3 Å². The van der Waals surface area contributed by atoms with E-state index in [0.717, 1.165) is 0 Å². The van der Waals surface area contributed by atoms with Crippen LogP contribution in [0.4, 0.5) is 0 Å². The van der Waals surface area contributed by atoms with Crippen molar-refractivity contribution in [3.8, 4) is 0 Å². The number of hydrogen-bond donors (Lipinski definition) is 1. The third-order valence-corrected chi connectivity index (χ3v) is 1.99. The highest BCUT2D eigenvalue weighted by Gasteiger charge is 2.56. The van der Waals surface area contributed by atoms with Gasteiger partial charge in [0.2, 0.25) is 5.60 Å². The van der Waals surface area contributed by atoms with E-state index < -0.39 is 17.0 Å². The first kappa shape index (κ1) is 7.54. The maximum atomic E-state index is 10.7. The van der Waals surface area contributed by atoms with Gasteiger partial charge in [-0.05, 0) is 0 Å². The quantitative estimate of drug-likeness (QED) is 0.498. The van der Waals surface area contributed by atoms with Gasteiger partial charge in [0.15, 0.2) is 0 Å². The summed E-state index contributed by atoms with van der Waals surface area (Å²) >= 11 is 0. The van der Waals surface area contributed by atoms with Crippen molar-refractivity contribution in [3.05, 3.63) is 0 Å². The topological polar surface area (TPSA) is 46.5 Å². The summed E-state index contributed by atoms with van der Waals surface area (Å²) in [7, 11) is 0. The van der Waals surface area contributed by atoms with Gasteiger partial charge in [-0.15, -0.1) is 0 Å². The molecule has 0 aromatic rings. The first-order chi connectivity index (χ1) is 4.38. The number of esters is 1. The van der Waals surface area contributed by atoms with Gasteiger partial charge in [0.05, 0.1) is 0 Å². The molecule has 0 saturated carbocycles. The summed E-state index contributed by atoms with van der Waals surface area (Å²) in [6.45, 7) is 5.57. The number of hydrogen-bond acceptors (Lipinski definition) is 3. The van der Waals surface area contributed by atoms with E-state index in [1.807, 2.05) is 20.8 Å². The van der Waals surface area contributed by atoms with Crippen LogP contribution in [0.25, 0.3) is 0 Å². The molecule has 10 heavy (non-hydrogen) atoms. The molecule has 0 amide bonds. The van der Waals surface area contributed by atoms with E-state index in [1.165, 1.54) is 0 Å². The molecule has 0 aromatic heterocycles. The summed E-state index contributed by atoms with van der Waals surface area (Å²) in [5.74, 6) is -0.500. The molecule has 0 radical (unpaired) electrons. The van der Waals surface area contributed by atoms with Gasteiger partial charge in [0.1, 0.15) is 6.61 Å². The zero-order valence-electron chi connectivity index (χ0n) is 6.47. The Hall–Kier alpha value is -0.570. The second-order valence-electron chi connectivity index (χ2n) is 3.69. The molecule has 0 aliphatic carbocycles. The monoisotopic (exact) mass is 144 g/mol. The molecule has 0 aromatic carbocycles. The Morgan fingerprint density at radius 1 is 1.60 bits per heavy atom. The molecule has 58 valence electrons. The van der Waals surface area contributed by atoms with Crippen molar-refractivity contribution in [3.63, 3.8) is 0 Å². The Bertz CT molecular complexity index is 168. The number of carbonyl (C=O) groups is 1. The largest absolute Gasteiger partial charge is 0.460 e. The third kappa shape index (κ3) is 0.736. The lowest BCUT2D eigenvalue weighted by Gasteiger charge is -2.43. The minimum absolute atomic E-state index is 0.134. The zero-order chi connectivity index (χ0) is 7.99. The van der Waals surface area contributed by atoms with E-state index in [9.17, 15) is 9.90 Å². The highest BCUT2D eigenvalue weighted by molar-refractivity contribution is 5.85. The number of cyclic esters (lactones) is 1. The number of rotatable bonds is 0. The Labute approximate surface area is 60.0 Å². The molecular weight excluding hydrogens is 132 g/mol. The summed E-state index contributed by atoms with van der Waals surface area (Å²) in [6, 6.07) is 0. The summed E-state index contributed by atoms with van der Waals surface area (Å²) in [5, 5.41) is 9.54. The lowest BCUT2D eigenvalue weighted by Crippen LogP contribution is -2.62. The van der Waals surface area contributed by atoms with Crippen LogP contribution in [0.5, 0.6) is 0 Å². The molecule has 0 unspecified atom stereocenters. The Morgan fingerprint density at radius 3 is 2.10 bits per heavy atom. The van der Waals surface area contributed by atoms with Gasteiger partial charge in [0.25, 0.3) is 0 Å². The molecule has 1 aliphatic rings. The number of carbonyl (C=O) groups excluding carboxylic acids is 1. The minimum Gasteiger partial charge on any atom is -0.460 e. The fourth-order valence-electron chi connectivity index (χ4n) is 0.791. The molecule has 1 atom stereocenters. The van der Waals surface area contributed by atoms with Crippen LogP contribution in [0.15, 0.2) is 0 Å². The van der Waals surface area contributed by atoms with Crippen molar-refractivity contribution in [1.82, 2.24) is 0 Å². The van der Waals surface area contributed by atoms with Gasteiger partial charge in [-0.25, -0.2) is 4.79 Å². The fourth-order valence-corrected chi connectivity index (χ4v) is 0.791. The van der Waals surface area contributed by atoms with E-state index in [-0.39, 0.29) is 6.61 Å². The van der Waals surface area contributed by atoms with Crippen LogP contribution in [-0.2, 0) is 9.53 Å². The first-order valence-corrected chi connectivity index (χ1v) is 3.27. The average molecular weight is 144 g/mol. The minimum atomic E-state index is -1.24. The smallest absolute Gasteiger partial charge is 0.342 e. The molecule has 1 fully saturated rings. The summed E-state index contributed by atoms with van der Waals surface area (Å²) < 4.78 is 4.48. The Morgan fingerprint density at radius 2 is 2.10 bits per heavy atom. The summed E-state index contributed by atoms with van der Waals surface area (Å²) in [4.78, 5) is 10.7. The van der Waals surface area contributed by atoms with Crippen LogP contribution in [0.2, 0.25) is 0 Å². The van der Waals surface area contributed by atoms with Crippen LogP contribution in [0.1, 0.15) is 20.8 Å². The normalized spacial score (nSPS) is 33.0. The maximum absolute atomic E-state index is 10.7. The predicted molar refractivity (Wildman–Crippen MR) is 35.4 cm³/mol. The maximum Gasteiger partial charge on any atom is 0.342 e. The molecule has 1 heterocycles. The second kappa shape index (κ2) is 1.72. The lowest BCUT2D eigenvalue weighted by atomic mass is 9.74. The third-order valence-electron chi connectivity index (χ3n) is 1.99. The van der Waals surface area contributed by atoms with Gasteiger partial charge in [-0.2, -0.15) is 0 Å². The molecule has 3 nitrogen and oxygen atoms in total. The fraction of sp³-hybridized carbons (Fsp3) is 0.857.